The number of nitrogens with zero attached hydrogens (tertiary/aromatic N) is 1. The van der Waals surface area contributed by atoms with Crippen molar-refractivity contribution in [2.45, 2.75) is 25.8 Å². The number of hydrogen-bond donors (Lipinski definition) is 2. The van der Waals surface area contributed by atoms with Gasteiger partial charge in [-0.3, -0.25) is 9.69 Å². The van der Waals surface area contributed by atoms with Gasteiger partial charge in [0.2, 0.25) is 0 Å². The van der Waals surface area contributed by atoms with Gasteiger partial charge in [0.1, 0.15) is 0 Å². The van der Waals surface area contributed by atoms with Gasteiger partial charge in [0.25, 0.3) is 0 Å². The first-order valence-electron chi connectivity index (χ1n) is 9.96. The number of urea groups is 1. The average Bonchev–Trinajstić information content (AvgIpc) is 2.73. The molecule has 0 saturated carbocycles. The lowest BCUT2D eigenvalue weighted by Gasteiger charge is -2.35. The molecule has 0 bridgehead atoms. The highest BCUT2D eigenvalue weighted by Gasteiger charge is 2.36. The number of esters is 2. The normalized spacial score (nSPS) is 22.2. The molecular formula is C21H26ClN3O5. The van der Waals surface area contributed by atoms with Gasteiger partial charge in [-0.05, 0) is 37.9 Å². The van der Waals surface area contributed by atoms with Crippen molar-refractivity contribution in [3.63, 3.8) is 0 Å². The molecule has 1 aromatic carbocycles. The van der Waals surface area contributed by atoms with E-state index in [1.54, 1.807) is 31.2 Å². The van der Waals surface area contributed by atoms with Crippen molar-refractivity contribution in [3.05, 3.63) is 46.1 Å². The minimum atomic E-state index is -0.736. The highest BCUT2D eigenvalue weighted by Crippen LogP contribution is 2.32. The van der Waals surface area contributed by atoms with Crippen LogP contribution in [0.25, 0.3) is 0 Å². The third-order valence-corrected chi connectivity index (χ3v) is 5.63. The summed E-state index contributed by atoms with van der Waals surface area (Å²) in [5.74, 6) is -0.994. The van der Waals surface area contributed by atoms with Gasteiger partial charge in [-0.1, -0.05) is 29.8 Å². The van der Waals surface area contributed by atoms with E-state index in [0.29, 0.717) is 41.6 Å². The molecule has 1 aromatic rings. The van der Waals surface area contributed by atoms with Crippen LogP contribution in [0.3, 0.4) is 0 Å². The van der Waals surface area contributed by atoms with Gasteiger partial charge >= 0.3 is 18.0 Å². The number of nitrogens with one attached hydrogen (secondary N) is 2. The summed E-state index contributed by atoms with van der Waals surface area (Å²) in [6.45, 7) is 3.67. The number of benzene rings is 1. The van der Waals surface area contributed by atoms with Crippen LogP contribution in [0.2, 0.25) is 5.02 Å². The van der Waals surface area contributed by atoms with Gasteiger partial charge in [-0.25, -0.2) is 9.59 Å². The second-order valence-corrected chi connectivity index (χ2v) is 7.67. The fourth-order valence-electron chi connectivity index (χ4n) is 3.91. The topological polar surface area (TPSA) is 97.0 Å². The molecule has 2 atom stereocenters. The second-order valence-electron chi connectivity index (χ2n) is 7.26. The van der Waals surface area contributed by atoms with E-state index in [4.69, 9.17) is 21.1 Å². The molecule has 9 heteroatoms. The number of ether oxygens (including phenoxy) is 2. The zero-order chi connectivity index (χ0) is 21.7. The third-order valence-electron chi connectivity index (χ3n) is 5.28. The third kappa shape index (κ3) is 4.94. The number of amides is 2. The molecule has 1 saturated heterocycles. The standard InChI is InChI=1S/C21H26ClN3O5/c1-3-30-19(26)13-7-6-10-25(11-13)12-16-17(20(27)29-2)18(24-21(28)23-16)14-8-4-5-9-15(14)22/h4-5,8-9,13,18H,3,6-7,10-12H2,1-2H3,(H2,23,24,28)/t13-,18-/m1/s1. The van der Waals surface area contributed by atoms with Crippen LogP contribution < -0.4 is 10.6 Å². The van der Waals surface area contributed by atoms with Gasteiger partial charge in [0.15, 0.2) is 0 Å². The van der Waals surface area contributed by atoms with E-state index in [1.165, 1.54) is 7.11 Å². The Balaban J connectivity index is 1.90. The maximum Gasteiger partial charge on any atom is 0.338 e. The van der Waals surface area contributed by atoms with Crippen molar-refractivity contribution in [2.75, 3.05) is 33.4 Å². The fourth-order valence-corrected chi connectivity index (χ4v) is 4.16. The second kappa shape index (κ2) is 9.95. The van der Waals surface area contributed by atoms with Gasteiger partial charge in [-0.15, -0.1) is 0 Å². The van der Waals surface area contributed by atoms with Crippen molar-refractivity contribution >= 4 is 29.6 Å². The number of likely N-dealkylation sites (tertiary alicyclic amines) is 1. The van der Waals surface area contributed by atoms with Crippen LogP contribution in [0, 0.1) is 5.92 Å². The molecule has 3 rings (SSSR count). The van der Waals surface area contributed by atoms with Crippen LogP contribution in [0.4, 0.5) is 4.79 Å². The van der Waals surface area contributed by atoms with E-state index in [9.17, 15) is 14.4 Å². The van der Waals surface area contributed by atoms with E-state index in [0.717, 1.165) is 19.4 Å². The minimum absolute atomic E-state index is 0.215. The summed E-state index contributed by atoms with van der Waals surface area (Å²) in [6.07, 6.45) is 1.58. The van der Waals surface area contributed by atoms with E-state index in [2.05, 4.69) is 10.6 Å². The molecule has 2 aliphatic rings. The van der Waals surface area contributed by atoms with Gasteiger partial charge in [0, 0.05) is 23.8 Å². The molecule has 1 fully saturated rings. The zero-order valence-corrected chi connectivity index (χ0v) is 17.8. The number of halogens is 1. The van der Waals surface area contributed by atoms with E-state index < -0.39 is 18.0 Å². The first kappa shape index (κ1) is 22.1. The maximum atomic E-state index is 12.7. The quantitative estimate of drug-likeness (QED) is 0.666. The Labute approximate surface area is 180 Å². The lowest BCUT2D eigenvalue weighted by molar-refractivity contribution is -0.150. The molecule has 2 aliphatic heterocycles. The predicted octanol–water partition coefficient (Wildman–Crippen LogP) is 2.40. The molecule has 0 radical (unpaired) electrons. The maximum absolute atomic E-state index is 12.7. The summed E-state index contributed by atoms with van der Waals surface area (Å²) in [7, 11) is 1.30. The van der Waals surface area contributed by atoms with Crippen LogP contribution in [0.5, 0.6) is 0 Å². The number of methoxy groups -OCH3 is 1. The fraction of sp³-hybridized carbons (Fsp3) is 0.476. The number of rotatable bonds is 6. The molecule has 0 aliphatic carbocycles. The molecule has 2 amide bonds. The first-order valence-corrected chi connectivity index (χ1v) is 10.3. The Kier molecular flexibility index (Phi) is 7.33. The summed E-state index contributed by atoms with van der Waals surface area (Å²) < 4.78 is 10.2. The molecular weight excluding hydrogens is 410 g/mol. The van der Waals surface area contributed by atoms with Gasteiger partial charge in [0.05, 0.1) is 31.2 Å². The number of carbonyl (C=O) groups is 3. The van der Waals surface area contributed by atoms with E-state index in [-0.39, 0.29) is 11.9 Å². The Morgan fingerprint density at radius 3 is 2.77 bits per heavy atom. The minimum Gasteiger partial charge on any atom is -0.466 e. The molecule has 0 aromatic heterocycles. The van der Waals surface area contributed by atoms with Gasteiger partial charge < -0.3 is 20.1 Å². The summed E-state index contributed by atoms with van der Waals surface area (Å²) >= 11 is 6.33. The lowest BCUT2D eigenvalue weighted by atomic mass is 9.94. The highest BCUT2D eigenvalue weighted by molar-refractivity contribution is 6.31. The molecule has 8 nitrogen and oxygen atoms in total. The number of carbonyl (C=O) groups excluding carboxylic acids is 3. The van der Waals surface area contributed by atoms with Crippen LogP contribution in [0.15, 0.2) is 35.5 Å². The highest BCUT2D eigenvalue weighted by atomic mass is 35.5. The van der Waals surface area contributed by atoms with Crippen molar-refractivity contribution in [3.8, 4) is 0 Å². The molecule has 0 spiro atoms. The predicted molar refractivity (Wildman–Crippen MR) is 111 cm³/mol. The van der Waals surface area contributed by atoms with Crippen molar-refractivity contribution < 1.29 is 23.9 Å². The van der Waals surface area contributed by atoms with Crippen molar-refractivity contribution in [2.24, 2.45) is 5.92 Å². The van der Waals surface area contributed by atoms with Crippen LogP contribution in [-0.4, -0.2) is 56.2 Å². The van der Waals surface area contributed by atoms with Crippen molar-refractivity contribution in [1.29, 1.82) is 0 Å². The summed E-state index contributed by atoms with van der Waals surface area (Å²) in [5, 5.41) is 5.95. The SMILES string of the molecule is CCOC(=O)[C@@H]1CCCN(CC2=C(C(=O)OC)[C@@H](c3ccccc3Cl)NC(=O)N2)C1. The van der Waals surface area contributed by atoms with Crippen molar-refractivity contribution in [1.82, 2.24) is 15.5 Å². The largest absolute Gasteiger partial charge is 0.466 e. The van der Waals surface area contributed by atoms with E-state index >= 15 is 0 Å². The van der Waals surface area contributed by atoms with Crippen LogP contribution in [-0.2, 0) is 19.1 Å². The summed E-state index contributed by atoms with van der Waals surface area (Å²) in [4.78, 5) is 39.2. The van der Waals surface area contributed by atoms with Gasteiger partial charge in [-0.2, -0.15) is 0 Å². The average molecular weight is 436 g/mol. The van der Waals surface area contributed by atoms with Crippen LogP contribution in [0.1, 0.15) is 31.4 Å². The van der Waals surface area contributed by atoms with Crippen LogP contribution >= 0.6 is 11.6 Å². The molecule has 162 valence electrons. The Morgan fingerprint density at radius 2 is 2.07 bits per heavy atom. The van der Waals surface area contributed by atoms with E-state index in [1.807, 2.05) is 4.90 Å². The zero-order valence-electron chi connectivity index (χ0n) is 17.1. The molecule has 2 heterocycles. The number of hydrogen-bond acceptors (Lipinski definition) is 6. The summed E-state index contributed by atoms with van der Waals surface area (Å²) in [5.41, 5.74) is 1.35. The molecule has 0 unspecified atom stereocenters. The molecule has 30 heavy (non-hydrogen) atoms. The summed E-state index contributed by atoms with van der Waals surface area (Å²) in [6, 6.07) is 5.87. The Bertz CT molecular complexity index is 857. The smallest absolute Gasteiger partial charge is 0.338 e. The number of piperidine rings is 1. The lowest BCUT2D eigenvalue weighted by Crippen LogP contribution is -2.50. The first-order chi connectivity index (χ1) is 14.4. The Morgan fingerprint density at radius 1 is 1.30 bits per heavy atom. The monoisotopic (exact) mass is 435 g/mol. The Hall–Kier alpha value is -2.58. The molecule has 2 N–H and O–H groups in total.